The summed E-state index contributed by atoms with van der Waals surface area (Å²) in [4.78, 5) is 15.8. The number of pyridine rings is 1. The molecule has 2 aromatic heterocycles. The van der Waals surface area contributed by atoms with E-state index in [-0.39, 0.29) is 12.1 Å². The average Bonchev–Trinajstić information content (AvgIpc) is 3.22. The summed E-state index contributed by atoms with van der Waals surface area (Å²) < 4.78 is 39.7. The van der Waals surface area contributed by atoms with Crippen LogP contribution in [0.25, 0.3) is 16.9 Å². The van der Waals surface area contributed by atoms with Gasteiger partial charge in [-0.2, -0.15) is 18.3 Å². The summed E-state index contributed by atoms with van der Waals surface area (Å²) in [6, 6.07) is 21.0. The highest BCUT2D eigenvalue weighted by molar-refractivity contribution is 5.93. The molecule has 0 aliphatic rings. The molecule has 0 radical (unpaired) electrons. The molecule has 0 aliphatic heterocycles. The molecule has 4 rings (SSSR count). The Balaban J connectivity index is 1.57. The summed E-state index contributed by atoms with van der Waals surface area (Å²) >= 11 is 0. The van der Waals surface area contributed by atoms with Gasteiger partial charge in [0, 0.05) is 30.1 Å². The van der Waals surface area contributed by atoms with Crippen molar-refractivity contribution in [3.63, 3.8) is 0 Å². The number of aromatic nitrogens is 3. The highest BCUT2D eigenvalue weighted by Crippen LogP contribution is 2.27. The van der Waals surface area contributed by atoms with Crippen LogP contribution >= 0.6 is 0 Å². The fraction of sp³-hybridized carbons (Fsp3) is 0.0870. The summed E-state index contributed by atoms with van der Waals surface area (Å²) in [5, 5.41) is 7.40. The third-order valence-corrected chi connectivity index (χ3v) is 4.61. The van der Waals surface area contributed by atoms with E-state index in [0.29, 0.717) is 5.69 Å². The van der Waals surface area contributed by atoms with E-state index in [4.69, 9.17) is 0 Å². The molecule has 8 heteroatoms. The molecular formula is C23H17F3N4O. The molecule has 1 amide bonds. The quantitative estimate of drug-likeness (QED) is 0.499. The van der Waals surface area contributed by atoms with Gasteiger partial charge in [0.25, 0.3) is 5.91 Å². The van der Waals surface area contributed by atoms with Gasteiger partial charge >= 0.3 is 6.18 Å². The number of para-hydroxylation sites is 1. The Morgan fingerprint density at radius 3 is 2.23 bits per heavy atom. The standard InChI is InChI=1S/C23H17F3N4O/c24-23(25,26)20-12-11-17(13-27-20)22(31)28-14-18-15-30(19-9-5-2-6-10-19)29-21(18)16-7-3-1-4-8-16/h1-13,15H,14H2,(H,28,31). The van der Waals surface area contributed by atoms with Crippen molar-refractivity contribution in [3.8, 4) is 16.9 Å². The normalized spacial score (nSPS) is 11.3. The zero-order valence-electron chi connectivity index (χ0n) is 16.2. The molecule has 4 aromatic rings. The van der Waals surface area contributed by atoms with E-state index < -0.39 is 17.8 Å². The van der Waals surface area contributed by atoms with Crippen LogP contribution in [0.2, 0.25) is 0 Å². The van der Waals surface area contributed by atoms with Crippen LogP contribution in [-0.4, -0.2) is 20.7 Å². The second kappa shape index (κ2) is 8.43. The van der Waals surface area contributed by atoms with Crippen LogP contribution in [0.1, 0.15) is 21.6 Å². The summed E-state index contributed by atoms with van der Waals surface area (Å²) in [5.74, 6) is -0.521. The van der Waals surface area contributed by atoms with Gasteiger partial charge in [0.2, 0.25) is 0 Å². The highest BCUT2D eigenvalue weighted by atomic mass is 19.4. The second-order valence-corrected chi connectivity index (χ2v) is 6.76. The highest BCUT2D eigenvalue weighted by Gasteiger charge is 2.32. The Morgan fingerprint density at radius 1 is 0.935 bits per heavy atom. The first-order valence-electron chi connectivity index (χ1n) is 9.42. The number of nitrogens with one attached hydrogen (secondary N) is 1. The van der Waals surface area contributed by atoms with Crippen molar-refractivity contribution in [2.24, 2.45) is 0 Å². The molecule has 5 nitrogen and oxygen atoms in total. The van der Waals surface area contributed by atoms with Crippen LogP contribution in [0.5, 0.6) is 0 Å². The number of hydrogen-bond acceptors (Lipinski definition) is 3. The first-order chi connectivity index (χ1) is 14.9. The molecule has 0 saturated heterocycles. The molecule has 0 atom stereocenters. The smallest absolute Gasteiger partial charge is 0.348 e. The van der Waals surface area contributed by atoms with E-state index in [1.54, 1.807) is 4.68 Å². The number of carbonyl (C=O) groups excluding carboxylic acids is 1. The van der Waals surface area contributed by atoms with Crippen LogP contribution in [0.15, 0.2) is 85.2 Å². The van der Waals surface area contributed by atoms with Gasteiger partial charge in [0.1, 0.15) is 5.69 Å². The molecule has 31 heavy (non-hydrogen) atoms. The zero-order chi connectivity index (χ0) is 21.8. The number of nitrogens with zero attached hydrogens (tertiary/aromatic N) is 3. The Morgan fingerprint density at radius 2 is 1.61 bits per heavy atom. The van der Waals surface area contributed by atoms with E-state index in [2.05, 4.69) is 15.4 Å². The SMILES string of the molecule is O=C(NCc1cn(-c2ccccc2)nc1-c1ccccc1)c1ccc(C(F)(F)F)nc1. The topological polar surface area (TPSA) is 59.8 Å². The summed E-state index contributed by atoms with van der Waals surface area (Å²) in [6.07, 6.45) is -1.81. The zero-order valence-corrected chi connectivity index (χ0v) is 16.2. The number of amides is 1. The molecule has 156 valence electrons. The van der Waals surface area contributed by atoms with Crippen molar-refractivity contribution in [2.75, 3.05) is 0 Å². The van der Waals surface area contributed by atoms with Crippen LogP contribution in [0, 0.1) is 0 Å². The molecule has 0 saturated carbocycles. The summed E-state index contributed by atoms with van der Waals surface area (Å²) in [6.45, 7) is 0.150. The van der Waals surface area contributed by atoms with E-state index in [1.807, 2.05) is 66.9 Å². The van der Waals surface area contributed by atoms with Crippen LogP contribution < -0.4 is 5.32 Å². The molecule has 2 heterocycles. The maximum absolute atomic E-state index is 12.7. The molecule has 0 aliphatic carbocycles. The summed E-state index contributed by atoms with van der Waals surface area (Å²) in [7, 11) is 0. The lowest BCUT2D eigenvalue weighted by molar-refractivity contribution is -0.141. The van der Waals surface area contributed by atoms with Gasteiger partial charge in [0.15, 0.2) is 0 Å². The molecule has 1 N–H and O–H groups in total. The van der Waals surface area contributed by atoms with Crippen molar-refractivity contribution in [3.05, 3.63) is 102 Å². The van der Waals surface area contributed by atoms with Gasteiger partial charge < -0.3 is 5.32 Å². The van der Waals surface area contributed by atoms with Crippen LogP contribution in [0.3, 0.4) is 0 Å². The fourth-order valence-electron chi connectivity index (χ4n) is 3.06. The number of alkyl halides is 3. The Bertz CT molecular complexity index is 1170. The van der Waals surface area contributed by atoms with Gasteiger partial charge in [-0.05, 0) is 24.3 Å². The number of rotatable bonds is 5. The van der Waals surface area contributed by atoms with Gasteiger partial charge in [-0.25, -0.2) is 4.68 Å². The first-order valence-corrected chi connectivity index (χ1v) is 9.42. The van der Waals surface area contributed by atoms with E-state index >= 15 is 0 Å². The van der Waals surface area contributed by atoms with Crippen molar-refractivity contribution in [2.45, 2.75) is 12.7 Å². The minimum Gasteiger partial charge on any atom is -0.348 e. The maximum atomic E-state index is 12.7. The predicted molar refractivity (Wildman–Crippen MR) is 109 cm³/mol. The Kier molecular flexibility index (Phi) is 5.53. The summed E-state index contributed by atoms with van der Waals surface area (Å²) in [5.41, 5.74) is 2.23. The Hall–Kier alpha value is -3.94. The van der Waals surface area contributed by atoms with Gasteiger partial charge in [-0.3, -0.25) is 9.78 Å². The molecule has 0 unspecified atom stereocenters. The fourth-order valence-corrected chi connectivity index (χ4v) is 3.06. The van der Waals surface area contributed by atoms with Gasteiger partial charge in [-0.15, -0.1) is 0 Å². The Labute approximate surface area is 176 Å². The predicted octanol–water partition coefficient (Wildman–Crippen LogP) is 4.88. The van der Waals surface area contributed by atoms with Crippen molar-refractivity contribution < 1.29 is 18.0 Å². The van der Waals surface area contributed by atoms with Crippen molar-refractivity contribution >= 4 is 5.91 Å². The van der Waals surface area contributed by atoms with E-state index in [1.165, 1.54) is 0 Å². The first kappa shape index (κ1) is 20.3. The van der Waals surface area contributed by atoms with Gasteiger partial charge in [-0.1, -0.05) is 48.5 Å². The largest absolute Gasteiger partial charge is 0.433 e. The minimum absolute atomic E-state index is 0.0460. The van der Waals surface area contributed by atoms with Crippen molar-refractivity contribution in [1.82, 2.24) is 20.1 Å². The lowest BCUT2D eigenvalue weighted by atomic mass is 10.1. The van der Waals surface area contributed by atoms with E-state index in [9.17, 15) is 18.0 Å². The molecular weight excluding hydrogens is 405 g/mol. The number of benzene rings is 2. The lowest BCUT2D eigenvalue weighted by Gasteiger charge is -2.08. The molecule has 0 spiro atoms. The maximum Gasteiger partial charge on any atom is 0.433 e. The third kappa shape index (κ3) is 4.63. The van der Waals surface area contributed by atoms with Crippen LogP contribution in [0.4, 0.5) is 13.2 Å². The number of halogens is 3. The number of hydrogen-bond donors (Lipinski definition) is 1. The lowest BCUT2D eigenvalue weighted by Crippen LogP contribution is -2.23. The van der Waals surface area contributed by atoms with Crippen molar-refractivity contribution in [1.29, 1.82) is 0 Å². The van der Waals surface area contributed by atoms with Gasteiger partial charge in [0.05, 0.1) is 16.9 Å². The molecule has 2 aromatic carbocycles. The minimum atomic E-state index is -4.55. The second-order valence-electron chi connectivity index (χ2n) is 6.76. The molecule has 0 bridgehead atoms. The average molecular weight is 422 g/mol. The monoisotopic (exact) mass is 422 g/mol. The van der Waals surface area contributed by atoms with E-state index in [0.717, 1.165) is 35.1 Å². The third-order valence-electron chi connectivity index (χ3n) is 4.61. The number of carbonyl (C=O) groups is 1. The van der Waals surface area contributed by atoms with Crippen LogP contribution in [-0.2, 0) is 12.7 Å². The molecule has 0 fully saturated rings.